The van der Waals surface area contributed by atoms with Gasteiger partial charge in [0.1, 0.15) is 0 Å². The van der Waals surface area contributed by atoms with Crippen LogP contribution in [0.1, 0.15) is 6.42 Å². The molecule has 0 aliphatic carbocycles. The first-order chi connectivity index (χ1) is 3.70. The minimum absolute atomic E-state index is 0.127. The molecule has 0 spiro atoms. The third-order valence-electron chi connectivity index (χ3n) is 0.932. The van der Waals surface area contributed by atoms with Gasteiger partial charge in [0.2, 0.25) is 0 Å². The highest BCUT2D eigenvalue weighted by molar-refractivity contribution is 5.75. The zero-order valence-corrected chi connectivity index (χ0v) is 3.93. The Kier molecular flexibility index (Phi) is 1.15. The number of carbonyl (C=O) groups excluding carboxylic acids is 1. The van der Waals surface area contributed by atoms with E-state index in [1.807, 2.05) is 0 Å². The molecule has 0 radical (unpaired) electrons. The van der Waals surface area contributed by atoms with Crippen molar-refractivity contribution in [3.05, 3.63) is 0 Å². The molecule has 0 bridgehead atoms. The van der Waals surface area contributed by atoms with Crippen LogP contribution in [0.2, 0.25) is 0 Å². The molecular weight excluding hydrogens is 118 g/mol. The van der Waals surface area contributed by atoms with E-state index >= 15 is 0 Å². The smallest absolute Gasteiger partial charge is 0.310 e. The second kappa shape index (κ2) is 1.69. The summed E-state index contributed by atoms with van der Waals surface area (Å²) in [5.41, 5.74) is 0. The van der Waals surface area contributed by atoms with Crippen molar-refractivity contribution in [1.29, 1.82) is 0 Å². The van der Waals surface area contributed by atoms with E-state index in [0.717, 1.165) is 0 Å². The molecule has 1 aliphatic rings. The summed E-state index contributed by atoms with van der Waals surface area (Å²) in [5, 5.41) is 0. The third kappa shape index (κ3) is 0.778. The molecule has 0 amide bonds. The zero-order valence-electron chi connectivity index (χ0n) is 3.93. The molecule has 8 heavy (non-hydrogen) atoms. The lowest BCUT2D eigenvalue weighted by atomic mass is 10.2. The van der Waals surface area contributed by atoms with Gasteiger partial charge in [0.05, 0.1) is 6.42 Å². The van der Waals surface area contributed by atoms with Gasteiger partial charge in [-0.15, -0.1) is 0 Å². The van der Waals surface area contributed by atoms with Crippen LogP contribution in [0.15, 0.2) is 0 Å². The van der Waals surface area contributed by atoms with E-state index in [0.29, 0.717) is 0 Å². The van der Waals surface area contributed by atoms with E-state index < -0.39 is 18.5 Å². The summed E-state index contributed by atoms with van der Waals surface area (Å²) in [5.74, 6) is -0.532. The van der Waals surface area contributed by atoms with Crippen LogP contribution < -0.4 is 0 Å². The Morgan fingerprint density at radius 2 is 2.25 bits per heavy atom. The van der Waals surface area contributed by atoms with Crippen LogP contribution in [-0.4, -0.2) is 18.5 Å². The Hall–Kier alpha value is -0.670. The summed E-state index contributed by atoms with van der Waals surface area (Å²) >= 11 is 0. The highest BCUT2D eigenvalue weighted by atomic mass is 19.3. The fourth-order valence-electron chi connectivity index (χ4n) is 0.464. The van der Waals surface area contributed by atoms with Crippen LogP contribution in [0.4, 0.5) is 8.78 Å². The zero-order chi connectivity index (χ0) is 6.15. The standard InChI is InChI=1S/C4H4F2O2/c5-4(6)2-1-3(7)8-2/h2,4H,1H2. The third-order valence-corrected chi connectivity index (χ3v) is 0.932. The van der Waals surface area contributed by atoms with Crippen molar-refractivity contribution in [2.24, 2.45) is 0 Å². The van der Waals surface area contributed by atoms with E-state index in [2.05, 4.69) is 4.74 Å². The minimum atomic E-state index is -2.51. The molecule has 0 aromatic rings. The summed E-state index contributed by atoms with van der Waals surface area (Å²) in [7, 11) is 0. The first-order valence-corrected chi connectivity index (χ1v) is 2.18. The number of hydrogen-bond acceptors (Lipinski definition) is 2. The molecule has 46 valence electrons. The first kappa shape index (κ1) is 5.47. The van der Waals surface area contributed by atoms with Crippen molar-refractivity contribution in [2.75, 3.05) is 0 Å². The molecule has 1 saturated heterocycles. The number of halogens is 2. The van der Waals surface area contributed by atoms with Crippen LogP contribution in [0.5, 0.6) is 0 Å². The normalized spacial score (nSPS) is 27.4. The predicted molar refractivity (Wildman–Crippen MR) is 20.5 cm³/mol. The van der Waals surface area contributed by atoms with Gasteiger partial charge in [0, 0.05) is 0 Å². The van der Waals surface area contributed by atoms with Crippen LogP contribution in [0, 0.1) is 0 Å². The summed E-state index contributed by atoms with van der Waals surface area (Å²) in [6, 6.07) is 0. The summed E-state index contributed by atoms with van der Waals surface area (Å²) in [4.78, 5) is 9.86. The molecule has 0 aromatic carbocycles. The molecule has 2 nitrogen and oxygen atoms in total. The Labute approximate surface area is 44.4 Å². The SMILES string of the molecule is O=C1CC(C(F)F)O1. The lowest BCUT2D eigenvalue weighted by Gasteiger charge is -2.23. The van der Waals surface area contributed by atoms with Crippen molar-refractivity contribution < 1.29 is 18.3 Å². The largest absolute Gasteiger partial charge is 0.456 e. The van der Waals surface area contributed by atoms with Gasteiger partial charge in [-0.1, -0.05) is 0 Å². The van der Waals surface area contributed by atoms with Crippen LogP contribution >= 0.6 is 0 Å². The monoisotopic (exact) mass is 122 g/mol. The molecule has 0 N–H and O–H groups in total. The molecule has 1 rings (SSSR count). The number of rotatable bonds is 1. The summed E-state index contributed by atoms with van der Waals surface area (Å²) < 4.78 is 26.8. The number of carbonyl (C=O) groups is 1. The van der Waals surface area contributed by atoms with Crippen LogP contribution in [-0.2, 0) is 9.53 Å². The molecular formula is C4H4F2O2. The number of esters is 1. The molecule has 0 saturated carbocycles. The predicted octanol–water partition coefficient (Wildman–Crippen LogP) is 0.567. The lowest BCUT2D eigenvalue weighted by molar-refractivity contribution is -0.183. The van der Waals surface area contributed by atoms with E-state index in [4.69, 9.17) is 0 Å². The Morgan fingerprint density at radius 3 is 2.38 bits per heavy atom. The maximum Gasteiger partial charge on any atom is 0.310 e. The van der Waals surface area contributed by atoms with Crippen molar-refractivity contribution >= 4 is 5.97 Å². The van der Waals surface area contributed by atoms with Gasteiger partial charge in [-0.25, -0.2) is 8.78 Å². The fourth-order valence-corrected chi connectivity index (χ4v) is 0.464. The Morgan fingerprint density at radius 1 is 1.75 bits per heavy atom. The first-order valence-electron chi connectivity index (χ1n) is 2.18. The maximum atomic E-state index is 11.4. The molecule has 1 fully saturated rings. The second-order valence-electron chi connectivity index (χ2n) is 1.57. The highest BCUT2D eigenvalue weighted by Crippen LogP contribution is 2.19. The van der Waals surface area contributed by atoms with Gasteiger partial charge < -0.3 is 4.74 Å². The van der Waals surface area contributed by atoms with E-state index in [9.17, 15) is 13.6 Å². The Bertz CT molecular complexity index is 105. The van der Waals surface area contributed by atoms with Crippen molar-refractivity contribution in [2.45, 2.75) is 19.0 Å². The molecule has 1 unspecified atom stereocenters. The van der Waals surface area contributed by atoms with Gasteiger partial charge >= 0.3 is 5.97 Å². The number of alkyl halides is 2. The molecule has 1 aliphatic heterocycles. The van der Waals surface area contributed by atoms with E-state index in [-0.39, 0.29) is 6.42 Å². The fraction of sp³-hybridized carbons (Fsp3) is 0.750. The van der Waals surface area contributed by atoms with E-state index in [1.165, 1.54) is 0 Å². The van der Waals surface area contributed by atoms with Crippen molar-refractivity contribution in [3.63, 3.8) is 0 Å². The quantitative estimate of drug-likeness (QED) is 0.475. The van der Waals surface area contributed by atoms with Crippen molar-refractivity contribution in [3.8, 4) is 0 Å². The summed E-state index contributed by atoms with van der Waals surface area (Å²) in [6.07, 6.45) is -3.76. The lowest BCUT2D eigenvalue weighted by Crippen LogP contribution is -2.38. The molecule has 1 heterocycles. The molecule has 4 heteroatoms. The number of ether oxygens (including phenoxy) is 1. The van der Waals surface area contributed by atoms with Gasteiger partial charge in [-0.05, 0) is 0 Å². The summed E-state index contributed by atoms with van der Waals surface area (Å²) in [6.45, 7) is 0. The molecule has 1 atom stereocenters. The molecule has 0 aromatic heterocycles. The highest BCUT2D eigenvalue weighted by Gasteiger charge is 2.35. The number of hydrogen-bond donors (Lipinski definition) is 0. The topological polar surface area (TPSA) is 26.3 Å². The van der Waals surface area contributed by atoms with Crippen molar-refractivity contribution in [1.82, 2.24) is 0 Å². The average molecular weight is 122 g/mol. The van der Waals surface area contributed by atoms with Gasteiger partial charge in [-0.2, -0.15) is 0 Å². The van der Waals surface area contributed by atoms with Gasteiger partial charge in [0.25, 0.3) is 6.43 Å². The maximum absolute atomic E-state index is 11.4. The van der Waals surface area contributed by atoms with Crippen LogP contribution in [0.3, 0.4) is 0 Å². The van der Waals surface area contributed by atoms with Crippen LogP contribution in [0.25, 0.3) is 0 Å². The minimum Gasteiger partial charge on any atom is -0.456 e. The van der Waals surface area contributed by atoms with E-state index in [1.54, 1.807) is 0 Å². The average Bonchev–Trinajstić information content (AvgIpc) is 1.57. The number of cyclic esters (lactones) is 1. The van der Waals surface area contributed by atoms with Gasteiger partial charge in [-0.3, -0.25) is 4.79 Å². The Balaban J connectivity index is 2.25. The second-order valence-corrected chi connectivity index (χ2v) is 1.57. The van der Waals surface area contributed by atoms with Gasteiger partial charge in [0.15, 0.2) is 6.10 Å².